The molecule has 0 amide bonds. The van der Waals surface area contributed by atoms with Crippen LogP contribution in [0.3, 0.4) is 0 Å². The van der Waals surface area contributed by atoms with Crippen LogP contribution in [-0.4, -0.2) is 25.3 Å². The number of hydrogen-bond acceptors (Lipinski definition) is 2. The van der Waals surface area contributed by atoms with Gasteiger partial charge in [-0.05, 0) is 75.7 Å². The second kappa shape index (κ2) is 8.50. The lowest BCUT2D eigenvalue weighted by molar-refractivity contribution is 0.0408. The van der Waals surface area contributed by atoms with Crippen LogP contribution in [0.5, 0.6) is 0 Å². The Morgan fingerprint density at radius 3 is 2.90 bits per heavy atom. The first-order chi connectivity index (χ1) is 10.2. The summed E-state index contributed by atoms with van der Waals surface area (Å²) in [5.41, 5.74) is 1.09. The second-order valence-electron chi connectivity index (χ2n) is 6.29. The van der Waals surface area contributed by atoms with Crippen molar-refractivity contribution >= 4 is 0 Å². The predicted octanol–water partition coefficient (Wildman–Crippen LogP) is 3.94. The highest BCUT2D eigenvalue weighted by Crippen LogP contribution is 2.26. The maximum absolute atomic E-state index is 13.3. The fourth-order valence-electron chi connectivity index (χ4n) is 3.15. The SMILES string of the molecule is CCCNCC(Cc1cccc(F)c1)CC1CCC(C)O1. The van der Waals surface area contributed by atoms with E-state index in [0.29, 0.717) is 18.1 Å². The van der Waals surface area contributed by atoms with Crippen molar-refractivity contribution in [2.75, 3.05) is 13.1 Å². The Labute approximate surface area is 128 Å². The van der Waals surface area contributed by atoms with E-state index in [4.69, 9.17) is 4.74 Å². The summed E-state index contributed by atoms with van der Waals surface area (Å²) in [5.74, 6) is 0.368. The van der Waals surface area contributed by atoms with Crippen LogP contribution in [0, 0.1) is 11.7 Å². The average molecular weight is 293 g/mol. The molecule has 0 aliphatic carbocycles. The first-order valence-corrected chi connectivity index (χ1v) is 8.28. The molecule has 1 aromatic rings. The monoisotopic (exact) mass is 293 g/mol. The molecular weight excluding hydrogens is 265 g/mol. The van der Waals surface area contributed by atoms with Gasteiger partial charge >= 0.3 is 0 Å². The van der Waals surface area contributed by atoms with Gasteiger partial charge in [-0.15, -0.1) is 0 Å². The molecule has 2 rings (SSSR count). The third-order valence-electron chi connectivity index (χ3n) is 4.19. The molecule has 1 fully saturated rings. The van der Waals surface area contributed by atoms with E-state index in [1.807, 2.05) is 6.07 Å². The van der Waals surface area contributed by atoms with Crippen LogP contribution in [0.2, 0.25) is 0 Å². The van der Waals surface area contributed by atoms with Crippen LogP contribution in [0.25, 0.3) is 0 Å². The van der Waals surface area contributed by atoms with Crippen molar-refractivity contribution in [2.24, 2.45) is 5.92 Å². The maximum atomic E-state index is 13.3. The van der Waals surface area contributed by atoms with Gasteiger partial charge in [0.25, 0.3) is 0 Å². The van der Waals surface area contributed by atoms with Crippen LogP contribution in [0.15, 0.2) is 24.3 Å². The Morgan fingerprint density at radius 2 is 2.24 bits per heavy atom. The van der Waals surface area contributed by atoms with Crippen molar-refractivity contribution in [1.82, 2.24) is 5.32 Å². The number of nitrogens with one attached hydrogen (secondary N) is 1. The molecule has 1 aliphatic heterocycles. The minimum Gasteiger partial charge on any atom is -0.375 e. The summed E-state index contributed by atoms with van der Waals surface area (Å²) in [5, 5.41) is 3.51. The van der Waals surface area contributed by atoms with Crippen molar-refractivity contribution in [3.05, 3.63) is 35.6 Å². The quantitative estimate of drug-likeness (QED) is 0.733. The first-order valence-electron chi connectivity index (χ1n) is 8.28. The fraction of sp³-hybridized carbons (Fsp3) is 0.667. The van der Waals surface area contributed by atoms with Crippen molar-refractivity contribution in [2.45, 2.75) is 58.2 Å². The van der Waals surface area contributed by atoms with Crippen molar-refractivity contribution in [1.29, 1.82) is 0 Å². The molecule has 1 aromatic carbocycles. The summed E-state index contributed by atoms with van der Waals surface area (Å²) in [4.78, 5) is 0. The van der Waals surface area contributed by atoms with Gasteiger partial charge in [0.2, 0.25) is 0 Å². The van der Waals surface area contributed by atoms with E-state index in [1.165, 1.54) is 12.5 Å². The minimum absolute atomic E-state index is 0.140. The van der Waals surface area contributed by atoms with E-state index in [9.17, 15) is 4.39 Å². The molecule has 1 aliphatic rings. The van der Waals surface area contributed by atoms with Gasteiger partial charge in [-0.3, -0.25) is 0 Å². The standard InChI is InChI=1S/C18H28FNO/c1-3-9-20-13-16(12-18-8-7-14(2)21-18)10-15-5-4-6-17(19)11-15/h4-6,11,14,16,18,20H,3,7-10,12-13H2,1-2H3. The van der Waals surface area contributed by atoms with Gasteiger partial charge in [0, 0.05) is 0 Å². The molecule has 0 radical (unpaired) electrons. The van der Waals surface area contributed by atoms with E-state index in [2.05, 4.69) is 19.2 Å². The molecular formula is C18H28FNO. The van der Waals surface area contributed by atoms with Gasteiger partial charge in [0.05, 0.1) is 12.2 Å². The fourth-order valence-corrected chi connectivity index (χ4v) is 3.15. The summed E-state index contributed by atoms with van der Waals surface area (Å²) in [6.07, 6.45) is 6.23. The van der Waals surface area contributed by atoms with Gasteiger partial charge in [-0.2, -0.15) is 0 Å². The molecule has 3 unspecified atom stereocenters. The lowest BCUT2D eigenvalue weighted by Crippen LogP contribution is -2.28. The topological polar surface area (TPSA) is 21.3 Å². The van der Waals surface area contributed by atoms with Gasteiger partial charge in [-0.1, -0.05) is 19.1 Å². The summed E-state index contributed by atoms with van der Waals surface area (Å²) in [7, 11) is 0. The van der Waals surface area contributed by atoms with Crippen LogP contribution >= 0.6 is 0 Å². The van der Waals surface area contributed by atoms with Gasteiger partial charge in [0.1, 0.15) is 5.82 Å². The highest BCUT2D eigenvalue weighted by atomic mass is 19.1. The third-order valence-corrected chi connectivity index (χ3v) is 4.19. The number of halogens is 1. The normalized spacial score (nSPS) is 23.4. The predicted molar refractivity (Wildman–Crippen MR) is 84.9 cm³/mol. The molecule has 0 spiro atoms. The van der Waals surface area contributed by atoms with Crippen LogP contribution in [0.1, 0.15) is 45.1 Å². The van der Waals surface area contributed by atoms with Gasteiger partial charge < -0.3 is 10.1 Å². The number of hydrogen-bond donors (Lipinski definition) is 1. The summed E-state index contributed by atoms with van der Waals surface area (Å²) >= 11 is 0. The third kappa shape index (κ3) is 5.76. The lowest BCUT2D eigenvalue weighted by atomic mass is 9.92. The molecule has 2 nitrogen and oxygen atoms in total. The highest BCUT2D eigenvalue weighted by Gasteiger charge is 2.25. The molecule has 118 valence electrons. The maximum Gasteiger partial charge on any atom is 0.123 e. The van der Waals surface area contributed by atoms with Gasteiger partial charge in [-0.25, -0.2) is 4.39 Å². The van der Waals surface area contributed by atoms with E-state index in [0.717, 1.165) is 44.3 Å². The molecule has 0 aromatic heterocycles. The zero-order valence-corrected chi connectivity index (χ0v) is 13.3. The molecule has 0 bridgehead atoms. The van der Waals surface area contributed by atoms with Crippen LogP contribution in [0.4, 0.5) is 4.39 Å². The minimum atomic E-state index is -0.140. The first kappa shape index (κ1) is 16.4. The Morgan fingerprint density at radius 1 is 1.38 bits per heavy atom. The van der Waals surface area contributed by atoms with Crippen molar-refractivity contribution in [3.63, 3.8) is 0 Å². The summed E-state index contributed by atoms with van der Waals surface area (Å²) in [6, 6.07) is 6.99. The van der Waals surface area contributed by atoms with E-state index in [1.54, 1.807) is 12.1 Å². The Bertz CT molecular complexity index is 423. The van der Waals surface area contributed by atoms with E-state index in [-0.39, 0.29) is 5.82 Å². The molecule has 0 saturated carbocycles. The van der Waals surface area contributed by atoms with Crippen LogP contribution < -0.4 is 5.32 Å². The van der Waals surface area contributed by atoms with E-state index < -0.39 is 0 Å². The highest BCUT2D eigenvalue weighted by molar-refractivity contribution is 5.17. The Kier molecular flexibility index (Phi) is 6.65. The van der Waals surface area contributed by atoms with Gasteiger partial charge in [0.15, 0.2) is 0 Å². The molecule has 1 saturated heterocycles. The lowest BCUT2D eigenvalue weighted by Gasteiger charge is -2.21. The van der Waals surface area contributed by atoms with E-state index >= 15 is 0 Å². The zero-order chi connectivity index (χ0) is 15.1. The second-order valence-corrected chi connectivity index (χ2v) is 6.29. The summed E-state index contributed by atoms with van der Waals surface area (Å²) < 4.78 is 19.3. The molecule has 3 atom stereocenters. The number of ether oxygens (including phenoxy) is 1. The van der Waals surface area contributed by atoms with Crippen LogP contribution in [-0.2, 0) is 11.2 Å². The molecule has 3 heteroatoms. The average Bonchev–Trinajstić information content (AvgIpc) is 2.84. The zero-order valence-electron chi connectivity index (χ0n) is 13.3. The molecule has 1 N–H and O–H groups in total. The molecule has 21 heavy (non-hydrogen) atoms. The van der Waals surface area contributed by atoms with Crippen molar-refractivity contribution < 1.29 is 9.13 Å². The summed E-state index contributed by atoms with van der Waals surface area (Å²) in [6.45, 7) is 6.35. The Hall–Kier alpha value is -0.930. The Balaban J connectivity index is 1.91. The smallest absolute Gasteiger partial charge is 0.123 e. The largest absolute Gasteiger partial charge is 0.375 e. The number of rotatable bonds is 8. The molecule has 1 heterocycles. The number of benzene rings is 1. The van der Waals surface area contributed by atoms with Crippen molar-refractivity contribution in [3.8, 4) is 0 Å².